The minimum atomic E-state index is -0.468. The van der Waals surface area contributed by atoms with E-state index < -0.39 is 5.92 Å². The molecule has 1 aliphatic heterocycles. The normalized spacial score (nSPS) is 19.2. The third kappa shape index (κ3) is 4.72. The molecule has 0 bridgehead atoms. The highest BCUT2D eigenvalue weighted by atomic mass is 79.9. The zero-order valence-electron chi connectivity index (χ0n) is 20.7. The number of ether oxygens (including phenoxy) is 1. The molecule has 0 saturated carbocycles. The van der Waals surface area contributed by atoms with E-state index in [1.165, 1.54) is 11.3 Å². The van der Waals surface area contributed by atoms with Gasteiger partial charge in [-0.3, -0.25) is 14.9 Å². The van der Waals surface area contributed by atoms with Gasteiger partial charge in [0.2, 0.25) is 0 Å². The Hall–Kier alpha value is -2.97. The Morgan fingerprint density at radius 3 is 2.69 bits per heavy atom. The topological polar surface area (TPSA) is 80.3 Å². The summed E-state index contributed by atoms with van der Waals surface area (Å²) in [6.45, 7) is 8.63. The highest BCUT2D eigenvalue weighted by Gasteiger charge is 2.42. The first-order valence-electron chi connectivity index (χ1n) is 12.0. The number of nitrogens with one attached hydrogen (secondary N) is 2. The Morgan fingerprint density at radius 2 is 1.97 bits per heavy atom. The number of nitrogens with zero attached hydrogens (tertiary/aromatic N) is 1. The predicted molar refractivity (Wildman–Crippen MR) is 147 cm³/mol. The molecular formula is C28H28BrN3O3S. The summed E-state index contributed by atoms with van der Waals surface area (Å²) in [5.41, 5.74) is 4.45. The summed E-state index contributed by atoms with van der Waals surface area (Å²) in [6.07, 6.45) is 1.20. The van der Waals surface area contributed by atoms with Crippen molar-refractivity contribution in [3.8, 4) is 5.75 Å². The van der Waals surface area contributed by atoms with Crippen molar-refractivity contribution in [3.05, 3.63) is 75.0 Å². The van der Waals surface area contributed by atoms with E-state index in [1.54, 1.807) is 0 Å². The quantitative estimate of drug-likeness (QED) is 0.359. The number of benzene rings is 2. The molecule has 2 heterocycles. The number of dihydropyridines is 1. The fourth-order valence-corrected chi connectivity index (χ4v) is 6.52. The second-order valence-electron chi connectivity index (χ2n) is 10.0. The SMILES string of the molecule is CCOc1ccc([C@H]2C(C(=O)Nc3nc4ccc(Br)cc4s3)=C(C)NC3=C2C(=O)CC(C)(C)C3)cc1. The van der Waals surface area contributed by atoms with Gasteiger partial charge in [0.1, 0.15) is 5.75 Å². The lowest BCUT2D eigenvalue weighted by Crippen LogP contribution is -2.39. The van der Waals surface area contributed by atoms with Crippen LogP contribution in [0.3, 0.4) is 0 Å². The molecule has 5 rings (SSSR count). The van der Waals surface area contributed by atoms with E-state index in [-0.39, 0.29) is 17.1 Å². The molecular weight excluding hydrogens is 538 g/mol. The van der Waals surface area contributed by atoms with Gasteiger partial charge in [0.25, 0.3) is 5.91 Å². The number of carbonyl (C=O) groups is 2. The maximum absolute atomic E-state index is 13.8. The van der Waals surface area contributed by atoms with Crippen molar-refractivity contribution in [2.24, 2.45) is 5.41 Å². The third-order valence-electron chi connectivity index (χ3n) is 6.58. The van der Waals surface area contributed by atoms with E-state index in [0.29, 0.717) is 29.3 Å². The molecule has 2 N–H and O–H groups in total. The molecule has 1 aromatic heterocycles. The van der Waals surface area contributed by atoms with E-state index in [9.17, 15) is 9.59 Å². The lowest BCUT2D eigenvalue weighted by molar-refractivity contribution is -0.118. The number of amides is 1. The van der Waals surface area contributed by atoms with Crippen LogP contribution in [0.5, 0.6) is 5.75 Å². The Morgan fingerprint density at radius 1 is 1.22 bits per heavy atom. The van der Waals surface area contributed by atoms with E-state index in [1.807, 2.05) is 56.3 Å². The molecule has 1 amide bonds. The minimum absolute atomic E-state index is 0.0790. The van der Waals surface area contributed by atoms with Gasteiger partial charge in [-0.2, -0.15) is 0 Å². The van der Waals surface area contributed by atoms with Gasteiger partial charge >= 0.3 is 0 Å². The maximum Gasteiger partial charge on any atom is 0.256 e. The molecule has 1 aliphatic carbocycles. The first-order valence-corrected chi connectivity index (χ1v) is 13.6. The molecule has 2 aliphatic rings. The molecule has 6 nitrogen and oxygen atoms in total. The van der Waals surface area contributed by atoms with Gasteiger partial charge in [-0.1, -0.05) is 53.2 Å². The number of allylic oxidation sites excluding steroid dienone is 3. The molecule has 0 radical (unpaired) electrons. The third-order valence-corrected chi connectivity index (χ3v) is 8.01. The van der Waals surface area contributed by atoms with Crippen molar-refractivity contribution in [1.82, 2.24) is 10.3 Å². The number of halogens is 1. The van der Waals surface area contributed by atoms with Crippen LogP contribution < -0.4 is 15.4 Å². The molecule has 36 heavy (non-hydrogen) atoms. The zero-order valence-corrected chi connectivity index (χ0v) is 23.1. The zero-order chi connectivity index (χ0) is 25.6. The van der Waals surface area contributed by atoms with Crippen molar-refractivity contribution >= 4 is 54.3 Å². The second-order valence-corrected chi connectivity index (χ2v) is 12.0. The highest BCUT2D eigenvalue weighted by molar-refractivity contribution is 9.10. The molecule has 186 valence electrons. The van der Waals surface area contributed by atoms with Gasteiger partial charge in [0.05, 0.1) is 16.8 Å². The van der Waals surface area contributed by atoms with Gasteiger partial charge in [-0.15, -0.1) is 0 Å². The molecule has 1 atom stereocenters. The van der Waals surface area contributed by atoms with Gasteiger partial charge in [0, 0.05) is 39.4 Å². The average molecular weight is 567 g/mol. The standard InChI is InChI=1S/C28H28BrN3O3S/c1-5-35-18-9-6-16(7-10-18)24-23(15(2)30-20-13-28(3,4)14-21(33)25(20)24)26(34)32-27-31-19-11-8-17(29)12-22(19)36-27/h6-12,24,30H,5,13-14H2,1-4H3,(H,31,32,34)/t24-/m0/s1. The molecule has 8 heteroatoms. The Labute approximate surface area is 223 Å². The van der Waals surface area contributed by atoms with Crippen LogP contribution in [-0.2, 0) is 9.59 Å². The number of fused-ring (bicyclic) bond motifs is 1. The number of carbonyl (C=O) groups excluding carboxylic acids is 2. The van der Waals surface area contributed by atoms with Crippen molar-refractivity contribution in [2.45, 2.75) is 46.5 Å². The number of ketones is 1. The van der Waals surface area contributed by atoms with Gasteiger partial charge in [0.15, 0.2) is 10.9 Å². The number of aromatic nitrogens is 1. The van der Waals surface area contributed by atoms with Crippen LogP contribution in [0, 0.1) is 5.41 Å². The summed E-state index contributed by atoms with van der Waals surface area (Å²) in [5, 5.41) is 6.94. The van der Waals surface area contributed by atoms with E-state index in [4.69, 9.17) is 4.74 Å². The van der Waals surface area contributed by atoms with Crippen LogP contribution in [0.15, 0.2) is 69.5 Å². The van der Waals surface area contributed by atoms with Gasteiger partial charge in [-0.25, -0.2) is 4.98 Å². The summed E-state index contributed by atoms with van der Waals surface area (Å²) in [4.78, 5) is 31.8. The number of hydrogen-bond donors (Lipinski definition) is 2. The van der Waals surface area contributed by atoms with Crippen molar-refractivity contribution < 1.29 is 14.3 Å². The fraction of sp³-hybridized carbons (Fsp3) is 0.321. The Bertz CT molecular complexity index is 1440. The Kier molecular flexibility index (Phi) is 6.51. The van der Waals surface area contributed by atoms with Crippen LogP contribution in [0.25, 0.3) is 10.2 Å². The summed E-state index contributed by atoms with van der Waals surface area (Å²) in [7, 11) is 0. The van der Waals surface area contributed by atoms with E-state index in [0.717, 1.165) is 43.8 Å². The van der Waals surface area contributed by atoms with Crippen molar-refractivity contribution in [3.63, 3.8) is 0 Å². The number of thiazole rings is 1. The van der Waals surface area contributed by atoms with Crippen LogP contribution >= 0.6 is 27.3 Å². The molecule has 0 spiro atoms. The molecule has 0 saturated heterocycles. The summed E-state index contributed by atoms with van der Waals surface area (Å²) in [6, 6.07) is 13.5. The van der Waals surface area contributed by atoms with Crippen molar-refractivity contribution in [1.29, 1.82) is 0 Å². The van der Waals surface area contributed by atoms with Crippen LogP contribution in [0.4, 0.5) is 5.13 Å². The van der Waals surface area contributed by atoms with Crippen LogP contribution in [-0.4, -0.2) is 23.3 Å². The van der Waals surface area contributed by atoms with Crippen LogP contribution in [0.1, 0.15) is 52.0 Å². The average Bonchev–Trinajstić information content (AvgIpc) is 3.19. The maximum atomic E-state index is 13.8. The molecule has 0 unspecified atom stereocenters. The number of anilines is 1. The fourth-order valence-electron chi connectivity index (χ4n) is 5.11. The smallest absolute Gasteiger partial charge is 0.256 e. The lowest BCUT2D eigenvalue weighted by atomic mass is 9.68. The predicted octanol–water partition coefficient (Wildman–Crippen LogP) is 6.70. The number of rotatable bonds is 5. The first-order chi connectivity index (χ1) is 17.1. The second kappa shape index (κ2) is 9.48. The van der Waals surface area contributed by atoms with Crippen LogP contribution in [0.2, 0.25) is 0 Å². The minimum Gasteiger partial charge on any atom is -0.494 e. The first kappa shape index (κ1) is 24.7. The largest absolute Gasteiger partial charge is 0.494 e. The summed E-state index contributed by atoms with van der Waals surface area (Å²) >= 11 is 4.91. The number of Topliss-reactive ketones (excluding diaryl/α,β-unsaturated/α-hetero) is 1. The molecule has 0 fully saturated rings. The monoisotopic (exact) mass is 565 g/mol. The van der Waals surface area contributed by atoms with Crippen molar-refractivity contribution in [2.75, 3.05) is 11.9 Å². The van der Waals surface area contributed by atoms with E-state index >= 15 is 0 Å². The lowest BCUT2D eigenvalue weighted by Gasteiger charge is -2.39. The molecule has 3 aromatic rings. The van der Waals surface area contributed by atoms with Gasteiger partial charge in [-0.05, 0) is 61.6 Å². The summed E-state index contributed by atoms with van der Waals surface area (Å²) in [5.74, 6) is 0.105. The Balaban J connectivity index is 1.55. The molecule has 2 aromatic carbocycles. The highest BCUT2D eigenvalue weighted by Crippen LogP contribution is 2.47. The number of hydrogen-bond acceptors (Lipinski definition) is 6. The van der Waals surface area contributed by atoms with Gasteiger partial charge < -0.3 is 10.1 Å². The van der Waals surface area contributed by atoms with E-state index in [2.05, 4.69) is 45.4 Å². The summed E-state index contributed by atoms with van der Waals surface area (Å²) < 4.78 is 7.56.